The van der Waals surface area contributed by atoms with E-state index in [4.69, 9.17) is 9.47 Å². The molecule has 0 saturated heterocycles. The minimum absolute atomic E-state index is 0.0590. The van der Waals surface area contributed by atoms with Crippen molar-refractivity contribution in [1.29, 1.82) is 0 Å². The van der Waals surface area contributed by atoms with Crippen LogP contribution in [0.3, 0.4) is 0 Å². The number of carbonyl (C=O) groups is 1. The predicted molar refractivity (Wildman–Crippen MR) is 102 cm³/mol. The van der Waals surface area contributed by atoms with Crippen LogP contribution >= 0.6 is 0 Å². The van der Waals surface area contributed by atoms with Gasteiger partial charge in [-0.2, -0.15) is 0 Å². The SMILES string of the molecule is CC/C=C(\C)C(=O)N[C@@H](C)c1ccc(OCc2ccncc2)c(OC)c1. The zero-order chi connectivity index (χ0) is 18.9. The lowest BCUT2D eigenvalue weighted by atomic mass is 10.1. The lowest BCUT2D eigenvalue weighted by Gasteiger charge is -2.17. The van der Waals surface area contributed by atoms with Gasteiger partial charge in [0, 0.05) is 18.0 Å². The summed E-state index contributed by atoms with van der Waals surface area (Å²) in [6, 6.07) is 9.38. The highest BCUT2D eigenvalue weighted by molar-refractivity contribution is 5.93. The molecule has 1 heterocycles. The van der Waals surface area contributed by atoms with E-state index in [1.807, 2.05) is 57.2 Å². The van der Waals surface area contributed by atoms with E-state index in [-0.39, 0.29) is 11.9 Å². The van der Waals surface area contributed by atoms with Gasteiger partial charge >= 0.3 is 0 Å². The van der Waals surface area contributed by atoms with Gasteiger partial charge in [0.15, 0.2) is 11.5 Å². The Kier molecular flexibility index (Phi) is 7.21. The molecule has 1 amide bonds. The molecule has 1 aromatic heterocycles. The van der Waals surface area contributed by atoms with Crippen molar-refractivity contribution in [3.8, 4) is 11.5 Å². The van der Waals surface area contributed by atoms with Crippen molar-refractivity contribution in [3.63, 3.8) is 0 Å². The molecule has 2 aromatic rings. The van der Waals surface area contributed by atoms with Gasteiger partial charge in [0.2, 0.25) is 5.91 Å². The maximum atomic E-state index is 12.2. The van der Waals surface area contributed by atoms with Crippen LogP contribution in [0.25, 0.3) is 0 Å². The van der Waals surface area contributed by atoms with Crippen molar-refractivity contribution in [2.75, 3.05) is 7.11 Å². The minimum Gasteiger partial charge on any atom is -0.493 e. The summed E-state index contributed by atoms with van der Waals surface area (Å²) in [6.07, 6.45) is 6.22. The Morgan fingerprint density at radius 2 is 1.96 bits per heavy atom. The predicted octanol–water partition coefficient (Wildman–Crippen LogP) is 4.20. The monoisotopic (exact) mass is 354 g/mol. The van der Waals surface area contributed by atoms with Gasteiger partial charge < -0.3 is 14.8 Å². The van der Waals surface area contributed by atoms with Gasteiger partial charge in [0.1, 0.15) is 6.61 Å². The van der Waals surface area contributed by atoms with E-state index in [1.54, 1.807) is 19.5 Å². The largest absolute Gasteiger partial charge is 0.493 e. The van der Waals surface area contributed by atoms with E-state index in [0.29, 0.717) is 18.1 Å². The molecule has 138 valence electrons. The number of hydrogen-bond acceptors (Lipinski definition) is 4. The maximum absolute atomic E-state index is 12.2. The first-order valence-corrected chi connectivity index (χ1v) is 8.72. The third-order valence-corrected chi connectivity index (χ3v) is 4.05. The number of aromatic nitrogens is 1. The van der Waals surface area contributed by atoms with Crippen molar-refractivity contribution < 1.29 is 14.3 Å². The molecular weight excluding hydrogens is 328 g/mol. The van der Waals surface area contributed by atoms with Crippen molar-refractivity contribution in [3.05, 3.63) is 65.5 Å². The molecule has 1 atom stereocenters. The molecular formula is C21H26N2O3. The Morgan fingerprint density at radius 1 is 1.23 bits per heavy atom. The van der Waals surface area contributed by atoms with E-state index in [0.717, 1.165) is 23.1 Å². The molecule has 0 unspecified atom stereocenters. The Morgan fingerprint density at radius 3 is 2.62 bits per heavy atom. The molecule has 2 rings (SSSR count). The summed E-state index contributed by atoms with van der Waals surface area (Å²) in [5.74, 6) is 1.24. The topological polar surface area (TPSA) is 60.5 Å². The number of ether oxygens (including phenoxy) is 2. The summed E-state index contributed by atoms with van der Waals surface area (Å²) < 4.78 is 11.3. The number of rotatable bonds is 8. The van der Waals surface area contributed by atoms with Gasteiger partial charge in [-0.3, -0.25) is 9.78 Å². The number of hydrogen-bond donors (Lipinski definition) is 1. The average Bonchev–Trinajstić information content (AvgIpc) is 2.67. The second-order valence-corrected chi connectivity index (χ2v) is 6.04. The lowest BCUT2D eigenvalue weighted by Crippen LogP contribution is -2.27. The van der Waals surface area contributed by atoms with Crippen LogP contribution in [0.4, 0.5) is 0 Å². The average molecular weight is 354 g/mol. The highest BCUT2D eigenvalue weighted by Crippen LogP contribution is 2.31. The molecule has 0 aliphatic carbocycles. The number of carbonyl (C=O) groups excluding carboxylic acids is 1. The van der Waals surface area contributed by atoms with Crippen LogP contribution in [0.2, 0.25) is 0 Å². The molecule has 0 saturated carbocycles. The first-order valence-electron chi connectivity index (χ1n) is 8.72. The smallest absolute Gasteiger partial charge is 0.247 e. The van der Waals surface area contributed by atoms with E-state index in [2.05, 4.69) is 10.3 Å². The van der Waals surface area contributed by atoms with E-state index in [9.17, 15) is 4.79 Å². The van der Waals surface area contributed by atoms with Crippen molar-refractivity contribution >= 4 is 5.91 Å². The molecule has 5 nitrogen and oxygen atoms in total. The third kappa shape index (κ3) is 5.34. The Bertz CT molecular complexity index is 757. The standard InChI is InChI=1S/C21H26N2O3/c1-5-6-15(2)21(24)23-16(3)18-7-8-19(20(13-18)25-4)26-14-17-9-11-22-12-10-17/h6-13,16H,5,14H2,1-4H3,(H,23,24)/b15-6+/t16-/m0/s1. The molecule has 0 aliphatic heterocycles. The van der Waals surface area contributed by atoms with Crippen LogP contribution in [-0.2, 0) is 11.4 Å². The second kappa shape index (κ2) is 9.61. The van der Waals surface area contributed by atoms with Gasteiger partial charge in [0.05, 0.1) is 13.2 Å². The summed E-state index contributed by atoms with van der Waals surface area (Å²) in [5.41, 5.74) is 2.71. The molecule has 1 aromatic carbocycles. The summed E-state index contributed by atoms with van der Waals surface area (Å²) in [5, 5.41) is 3.00. The normalized spacial score (nSPS) is 12.4. The highest BCUT2D eigenvalue weighted by Gasteiger charge is 2.14. The highest BCUT2D eigenvalue weighted by atomic mass is 16.5. The Labute approximate surface area is 155 Å². The zero-order valence-corrected chi connectivity index (χ0v) is 15.8. The summed E-state index contributed by atoms with van der Waals surface area (Å²) >= 11 is 0. The molecule has 0 fully saturated rings. The van der Waals surface area contributed by atoms with Crippen LogP contribution in [0.5, 0.6) is 11.5 Å². The van der Waals surface area contributed by atoms with Crippen LogP contribution in [-0.4, -0.2) is 18.0 Å². The Balaban J connectivity index is 2.07. The number of pyridine rings is 1. The molecule has 0 radical (unpaired) electrons. The summed E-state index contributed by atoms with van der Waals surface area (Å²) in [7, 11) is 1.61. The molecule has 5 heteroatoms. The zero-order valence-electron chi connectivity index (χ0n) is 15.8. The number of amides is 1. The maximum Gasteiger partial charge on any atom is 0.247 e. The van der Waals surface area contributed by atoms with Crippen LogP contribution in [0.15, 0.2) is 54.4 Å². The second-order valence-electron chi connectivity index (χ2n) is 6.04. The van der Waals surface area contributed by atoms with Gasteiger partial charge in [-0.15, -0.1) is 0 Å². The van der Waals surface area contributed by atoms with Crippen LogP contribution in [0.1, 0.15) is 44.4 Å². The number of nitrogens with zero attached hydrogens (tertiary/aromatic N) is 1. The van der Waals surface area contributed by atoms with Crippen molar-refractivity contribution in [2.24, 2.45) is 0 Å². The quantitative estimate of drug-likeness (QED) is 0.722. The summed E-state index contributed by atoms with van der Waals surface area (Å²) in [6.45, 7) is 6.22. The fraction of sp³-hybridized carbons (Fsp3) is 0.333. The van der Waals surface area contributed by atoms with Gasteiger partial charge in [-0.1, -0.05) is 19.1 Å². The number of allylic oxidation sites excluding steroid dienone is 1. The Hall–Kier alpha value is -2.82. The van der Waals surface area contributed by atoms with Gasteiger partial charge in [-0.05, 0) is 55.7 Å². The first-order chi connectivity index (χ1) is 12.5. The van der Waals surface area contributed by atoms with Gasteiger partial charge in [0.25, 0.3) is 0 Å². The van der Waals surface area contributed by atoms with Crippen LogP contribution in [0, 0.1) is 0 Å². The fourth-order valence-electron chi connectivity index (χ4n) is 2.51. The first kappa shape index (κ1) is 19.5. The van der Waals surface area contributed by atoms with E-state index in [1.165, 1.54) is 0 Å². The molecule has 0 aliphatic rings. The molecule has 0 bridgehead atoms. The van der Waals surface area contributed by atoms with Gasteiger partial charge in [-0.25, -0.2) is 0 Å². The summed E-state index contributed by atoms with van der Waals surface area (Å²) in [4.78, 5) is 16.2. The number of benzene rings is 1. The van der Waals surface area contributed by atoms with Crippen molar-refractivity contribution in [2.45, 2.75) is 39.8 Å². The minimum atomic E-state index is -0.133. The molecule has 0 spiro atoms. The van der Waals surface area contributed by atoms with E-state index >= 15 is 0 Å². The molecule has 1 N–H and O–H groups in total. The number of methoxy groups -OCH3 is 1. The third-order valence-electron chi connectivity index (χ3n) is 4.05. The van der Waals surface area contributed by atoms with E-state index < -0.39 is 0 Å². The van der Waals surface area contributed by atoms with Crippen LogP contribution < -0.4 is 14.8 Å². The molecule has 26 heavy (non-hydrogen) atoms. The fourth-order valence-corrected chi connectivity index (χ4v) is 2.51. The van der Waals surface area contributed by atoms with Crippen molar-refractivity contribution in [1.82, 2.24) is 10.3 Å². The lowest BCUT2D eigenvalue weighted by molar-refractivity contribution is -0.118. The number of nitrogens with one attached hydrogen (secondary N) is 1.